The maximum atomic E-state index is 4.48. The molecule has 1 nitrogen and oxygen atoms in total. The number of hydrogen-bond donors (Lipinski definition) is 0. The summed E-state index contributed by atoms with van der Waals surface area (Å²) in [6.07, 6.45) is 2.98. The van der Waals surface area contributed by atoms with E-state index >= 15 is 0 Å². The molecule has 4 aromatic rings. The van der Waals surface area contributed by atoms with Gasteiger partial charge in [0.2, 0.25) is 0 Å². The van der Waals surface area contributed by atoms with Gasteiger partial charge >= 0.3 is 170 Å². The average Bonchev–Trinajstić information content (AvgIpc) is 2.75. The van der Waals surface area contributed by atoms with Gasteiger partial charge in [0.15, 0.2) is 0 Å². The molecule has 0 aliphatic rings. The Morgan fingerprint density at radius 1 is 0.593 bits per heavy atom. The monoisotopic (exact) mass is 433 g/mol. The quantitative estimate of drug-likeness (QED) is 0.316. The number of hydrogen-bond acceptors (Lipinski definition) is 1. The van der Waals surface area contributed by atoms with Gasteiger partial charge in [-0.15, -0.1) is 0 Å². The zero-order chi connectivity index (χ0) is 18.5. The van der Waals surface area contributed by atoms with Crippen LogP contribution in [0, 0.1) is 0 Å². The topological polar surface area (TPSA) is 12.9 Å². The Morgan fingerprint density at radius 3 is 1.41 bits per heavy atom. The minimum atomic E-state index is -2.24. The molecule has 3 heteroatoms. The Bertz CT molecular complexity index is 890. The van der Waals surface area contributed by atoms with Gasteiger partial charge in [-0.3, -0.25) is 0 Å². The molecule has 0 spiro atoms. The van der Waals surface area contributed by atoms with E-state index in [-0.39, 0.29) is 0 Å². The molecular weight excluding hydrogens is 413 g/mol. The van der Waals surface area contributed by atoms with Crippen molar-refractivity contribution in [2.24, 2.45) is 0 Å². The molecule has 0 radical (unpaired) electrons. The van der Waals surface area contributed by atoms with Gasteiger partial charge in [-0.05, 0) is 0 Å². The van der Waals surface area contributed by atoms with Crippen molar-refractivity contribution < 1.29 is 0 Å². The van der Waals surface area contributed by atoms with Crippen molar-refractivity contribution in [1.82, 2.24) is 4.98 Å². The van der Waals surface area contributed by atoms with Crippen LogP contribution in [0.1, 0.15) is 5.56 Å². The van der Waals surface area contributed by atoms with Crippen molar-refractivity contribution in [2.75, 3.05) is 0 Å². The van der Waals surface area contributed by atoms with Crippen molar-refractivity contribution in [1.29, 1.82) is 0 Å². The van der Waals surface area contributed by atoms with Crippen molar-refractivity contribution >= 4 is 39.1 Å². The van der Waals surface area contributed by atoms with Crippen molar-refractivity contribution in [3.8, 4) is 0 Å². The fourth-order valence-corrected chi connectivity index (χ4v) is 8.74. The van der Waals surface area contributed by atoms with E-state index in [2.05, 4.69) is 118 Å². The zero-order valence-electron chi connectivity index (χ0n) is 14.9. The summed E-state index contributed by atoms with van der Waals surface area (Å²) in [5, 5.41) is 4.26. The number of halogens is 1. The molecule has 0 N–H and O–H groups in total. The minimum absolute atomic E-state index is 0.873. The van der Waals surface area contributed by atoms with Crippen LogP contribution in [0.5, 0.6) is 0 Å². The summed E-state index contributed by atoms with van der Waals surface area (Å²) in [7, 11) is -2.24. The van der Waals surface area contributed by atoms with E-state index in [0.717, 1.165) is 10.8 Å². The van der Waals surface area contributed by atoms with Crippen LogP contribution < -0.4 is 15.9 Å². The van der Waals surface area contributed by atoms with Gasteiger partial charge < -0.3 is 0 Å². The molecule has 0 atom stereocenters. The summed E-state index contributed by atoms with van der Waals surface area (Å²) in [5.41, 5.74) is 1.27. The third-order valence-corrected chi connectivity index (χ3v) is 10.4. The molecule has 0 saturated carbocycles. The van der Waals surface area contributed by atoms with Gasteiger partial charge in [-0.25, -0.2) is 0 Å². The Labute approximate surface area is 169 Å². The molecule has 4 rings (SSSR count). The van der Waals surface area contributed by atoms with Crippen LogP contribution in [-0.4, -0.2) is 4.98 Å². The molecule has 1 heterocycles. The molecule has 0 bridgehead atoms. The van der Waals surface area contributed by atoms with Crippen LogP contribution in [0.3, 0.4) is 0 Å². The fraction of sp³-hybridized carbons (Fsp3) is 0.0417. The van der Waals surface area contributed by atoms with Crippen LogP contribution in [0.4, 0.5) is 0 Å². The van der Waals surface area contributed by atoms with Crippen LogP contribution in [-0.2, 0) is 6.16 Å². The second kappa shape index (κ2) is 8.17. The molecule has 0 saturated heterocycles. The molecule has 134 valence electrons. The van der Waals surface area contributed by atoms with Gasteiger partial charge in [-0.2, -0.15) is 0 Å². The van der Waals surface area contributed by atoms with Crippen molar-refractivity contribution in [3.05, 3.63) is 119 Å². The molecule has 0 aliphatic heterocycles. The second-order valence-electron chi connectivity index (χ2n) is 6.67. The first-order chi connectivity index (χ1) is 13.3. The summed E-state index contributed by atoms with van der Waals surface area (Å²) in [4.78, 5) is 4.48. The third-order valence-electron chi connectivity index (χ3n) is 5.06. The summed E-state index contributed by atoms with van der Waals surface area (Å²) in [6, 6.07) is 37.2. The van der Waals surface area contributed by atoms with Crippen molar-refractivity contribution in [2.45, 2.75) is 6.16 Å². The SMILES string of the molecule is Brc1ccc(C[PH](c2ccccc2)(c2ccccc2)c2ccccc2)cn1. The molecule has 27 heavy (non-hydrogen) atoms. The Hall–Kier alpha value is -2.28. The Morgan fingerprint density at radius 2 is 1.04 bits per heavy atom. The van der Waals surface area contributed by atoms with Crippen molar-refractivity contribution in [3.63, 3.8) is 0 Å². The normalized spacial score (nSPS) is 11.9. The molecular formula is C24H21BrNP. The molecule has 0 amide bonds. The summed E-state index contributed by atoms with van der Waals surface area (Å²) in [5.74, 6) is 0. The number of aromatic nitrogens is 1. The Kier molecular flexibility index (Phi) is 5.48. The van der Waals surface area contributed by atoms with Gasteiger partial charge in [-0.1, -0.05) is 0 Å². The van der Waals surface area contributed by atoms with E-state index in [9.17, 15) is 0 Å². The van der Waals surface area contributed by atoms with Gasteiger partial charge in [0.25, 0.3) is 0 Å². The van der Waals surface area contributed by atoms with E-state index in [1.165, 1.54) is 21.5 Å². The number of rotatable bonds is 5. The van der Waals surface area contributed by atoms with Gasteiger partial charge in [0.1, 0.15) is 0 Å². The van der Waals surface area contributed by atoms with Gasteiger partial charge in [0, 0.05) is 0 Å². The molecule has 3 aromatic carbocycles. The molecule has 0 fully saturated rings. The van der Waals surface area contributed by atoms with Crippen LogP contribution >= 0.6 is 23.2 Å². The van der Waals surface area contributed by atoms with Gasteiger partial charge in [0.05, 0.1) is 0 Å². The van der Waals surface area contributed by atoms with E-state index in [1.54, 1.807) is 0 Å². The predicted octanol–water partition coefficient (Wildman–Crippen LogP) is 5.07. The standard InChI is InChI=1S/C24H21BrNP/c25-24-17-16-20(18-26-24)19-27(21-10-4-1-5-11-21,22-12-6-2-7-13-22)23-14-8-3-9-15-23/h1-18,27H,19H2. The predicted molar refractivity (Wildman–Crippen MR) is 122 cm³/mol. The zero-order valence-corrected chi connectivity index (χ0v) is 17.5. The molecule has 0 aliphatic carbocycles. The number of nitrogens with zero attached hydrogens (tertiary/aromatic N) is 1. The first kappa shape index (κ1) is 18.1. The second-order valence-corrected chi connectivity index (χ2v) is 11.4. The summed E-state index contributed by atoms with van der Waals surface area (Å²) >= 11 is 3.46. The molecule has 1 aromatic heterocycles. The molecule has 0 unspecified atom stereocenters. The first-order valence-corrected chi connectivity index (χ1v) is 12.1. The van der Waals surface area contributed by atoms with Crippen LogP contribution in [0.15, 0.2) is 114 Å². The van der Waals surface area contributed by atoms with E-state index in [1.807, 2.05) is 12.3 Å². The van der Waals surface area contributed by atoms with E-state index < -0.39 is 7.26 Å². The van der Waals surface area contributed by atoms with Crippen LogP contribution in [0.2, 0.25) is 0 Å². The van der Waals surface area contributed by atoms with E-state index in [0.29, 0.717) is 0 Å². The third kappa shape index (κ3) is 3.74. The fourth-order valence-electron chi connectivity index (χ4n) is 3.79. The first-order valence-electron chi connectivity index (χ1n) is 9.06. The number of benzene rings is 3. The summed E-state index contributed by atoms with van der Waals surface area (Å²) < 4.78 is 0.873. The number of pyridine rings is 1. The maximum absolute atomic E-state index is 4.48. The van der Waals surface area contributed by atoms with Crippen LogP contribution in [0.25, 0.3) is 0 Å². The summed E-state index contributed by atoms with van der Waals surface area (Å²) in [6.45, 7) is 0. The Balaban J connectivity index is 1.98. The van der Waals surface area contributed by atoms with E-state index in [4.69, 9.17) is 0 Å². The average molecular weight is 434 g/mol.